The number of carbonyl (C=O) groups is 1. The molecule has 0 spiro atoms. The first-order valence-electron chi connectivity index (χ1n) is 6.10. The molecule has 1 atom stereocenters. The Morgan fingerprint density at radius 1 is 1.47 bits per heavy atom. The normalized spacial score (nSPS) is 20.5. The van der Waals surface area contributed by atoms with Crippen LogP contribution in [-0.2, 0) is 11.2 Å². The molecule has 0 radical (unpaired) electrons. The third-order valence-corrected chi connectivity index (χ3v) is 4.04. The molecule has 19 heavy (non-hydrogen) atoms. The van der Waals surface area contributed by atoms with Crippen molar-refractivity contribution < 1.29 is 4.79 Å². The van der Waals surface area contributed by atoms with Crippen LogP contribution in [-0.4, -0.2) is 23.7 Å². The highest BCUT2D eigenvalue weighted by Gasteiger charge is 2.23. The van der Waals surface area contributed by atoms with E-state index in [0.717, 1.165) is 17.9 Å². The molecule has 1 aromatic rings. The first-order valence-corrected chi connectivity index (χ1v) is 6.98. The van der Waals surface area contributed by atoms with Gasteiger partial charge < -0.3 is 5.32 Å². The molecule has 0 saturated carbocycles. The summed E-state index contributed by atoms with van der Waals surface area (Å²) >= 11 is 1.66. The van der Waals surface area contributed by atoms with Crippen molar-refractivity contribution in [3.8, 4) is 0 Å². The van der Waals surface area contributed by atoms with E-state index in [4.69, 9.17) is 0 Å². The summed E-state index contributed by atoms with van der Waals surface area (Å²) in [5.41, 5.74) is 1.60. The Bertz CT molecular complexity index is 578. The van der Waals surface area contributed by atoms with Crippen molar-refractivity contribution >= 4 is 23.9 Å². The van der Waals surface area contributed by atoms with Gasteiger partial charge in [-0.25, -0.2) is 0 Å². The zero-order valence-corrected chi connectivity index (χ0v) is 11.1. The largest absolute Gasteiger partial charge is 0.324 e. The molecule has 1 aromatic heterocycles. The lowest BCUT2D eigenvalue weighted by atomic mass is 10.1. The zero-order chi connectivity index (χ0) is 13.1. The maximum absolute atomic E-state index is 12.0. The summed E-state index contributed by atoms with van der Waals surface area (Å²) in [5, 5.41) is 4.98. The minimum Gasteiger partial charge on any atom is -0.324 e. The molecule has 5 heteroatoms. The van der Waals surface area contributed by atoms with Gasteiger partial charge in [0.05, 0.1) is 12.1 Å². The number of rotatable bonds is 3. The number of nitrogens with zero attached hydrogens (tertiary/aromatic N) is 2. The van der Waals surface area contributed by atoms with Crippen molar-refractivity contribution in [1.29, 1.82) is 0 Å². The summed E-state index contributed by atoms with van der Waals surface area (Å²) in [6.45, 7) is 0.776. The van der Waals surface area contributed by atoms with Crippen LogP contribution in [0.15, 0.2) is 51.5 Å². The third-order valence-electron chi connectivity index (χ3n) is 2.97. The van der Waals surface area contributed by atoms with Crippen LogP contribution < -0.4 is 5.32 Å². The minimum atomic E-state index is -0.0548. The number of aromatic nitrogens is 1. The molecule has 96 valence electrons. The maximum Gasteiger partial charge on any atom is 0.230 e. The first kappa shape index (κ1) is 12.2. The number of pyridine rings is 1. The first-order chi connectivity index (χ1) is 9.33. The van der Waals surface area contributed by atoms with Gasteiger partial charge in [0.15, 0.2) is 0 Å². The summed E-state index contributed by atoms with van der Waals surface area (Å²) in [7, 11) is 0. The SMILES string of the molecule is O=C(Cc1ccccn1)NC1=C2SC=CC2CN=C1. The Morgan fingerprint density at radius 3 is 3.26 bits per heavy atom. The zero-order valence-electron chi connectivity index (χ0n) is 10.2. The van der Waals surface area contributed by atoms with E-state index >= 15 is 0 Å². The molecule has 0 aliphatic carbocycles. The van der Waals surface area contributed by atoms with Crippen LogP contribution in [0.25, 0.3) is 0 Å². The van der Waals surface area contributed by atoms with Crippen LogP contribution in [0, 0.1) is 5.92 Å². The van der Waals surface area contributed by atoms with Gasteiger partial charge >= 0.3 is 0 Å². The second-order valence-electron chi connectivity index (χ2n) is 4.37. The van der Waals surface area contributed by atoms with Crippen LogP contribution >= 0.6 is 11.8 Å². The van der Waals surface area contributed by atoms with E-state index in [9.17, 15) is 4.79 Å². The number of dihydropyridines is 1. The molecule has 3 heterocycles. The van der Waals surface area contributed by atoms with E-state index in [2.05, 4.69) is 26.8 Å². The highest BCUT2D eigenvalue weighted by atomic mass is 32.2. The fraction of sp³-hybridized carbons (Fsp3) is 0.214. The number of fused-ring (bicyclic) bond motifs is 1. The fourth-order valence-electron chi connectivity index (χ4n) is 2.07. The van der Waals surface area contributed by atoms with Gasteiger partial charge in [-0.15, -0.1) is 0 Å². The molecule has 0 saturated heterocycles. The topological polar surface area (TPSA) is 54.4 Å². The van der Waals surface area contributed by atoms with Gasteiger partial charge in [-0.3, -0.25) is 14.8 Å². The molecule has 2 aliphatic rings. The lowest BCUT2D eigenvalue weighted by Crippen LogP contribution is -2.28. The van der Waals surface area contributed by atoms with Gasteiger partial charge in [0.1, 0.15) is 0 Å². The molecule has 0 bridgehead atoms. The number of thioether (sulfide) groups is 1. The van der Waals surface area contributed by atoms with E-state index in [1.165, 1.54) is 4.91 Å². The van der Waals surface area contributed by atoms with Gasteiger partial charge in [-0.1, -0.05) is 23.9 Å². The molecular weight excluding hydrogens is 258 g/mol. The molecule has 3 rings (SSSR count). The molecule has 2 aliphatic heterocycles. The van der Waals surface area contributed by atoms with E-state index in [1.54, 1.807) is 24.2 Å². The fourth-order valence-corrected chi connectivity index (χ4v) is 3.04. The number of hydrogen-bond acceptors (Lipinski definition) is 4. The predicted molar refractivity (Wildman–Crippen MR) is 76.7 cm³/mol. The Labute approximate surface area is 115 Å². The molecule has 0 aromatic carbocycles. The Morgan fingerprint density at radius 2 is 2.42 bits per heavy atom. The van der Waals surface area contributed by atoms with Gasteiger partial charge in [-0.05, 0) is 17.5 Å². The highest BCUT2D eigenvalue weighted by Crippen LogP contribution is 2.37. The minimum absolute atomic E-state index is 0.0548. The molecule has 4 nitrogen and oxygen atoms in total. The van der Waals surface area contributed by atoms with Crippen molar-refractivity contribution in [3.63, 3.8) is 0 Å². The molecular formula is C14H13N3OS. The van der Waals surface area contributed by atoms with E-state index in [-0.39, 0.29) is 12.3 Å². The Kier molecular flexibility index (Phi) is 3.46. The number of hydrogen-bond donors (Lipinski definition) is 1. The second kappa shape index (κ2) is 5.40. The average Bonchev–Trinajstić information content (AvgIpc) is 2.89. The van der Waals surface area contributed by atoms with Crippen LogP contribution in [0.2, 0.25) is 0 Å². The van der Waals surface area contributed by atoms with Crippen molar-refractivity contribution in [2.75, 3.05) is 6.54 Å². The molecule has 1 amide bonds. The average molecular weight is 271 g/mol. The van der Waals surface area contributed by atoms with Crippen molar-refractivity contribution in [2.45, 2.75) is 6.42 Å². The lowest BCUT2D eigenvalue weighted by molar-refractivity contribution is -0.119. The smallest absolute Gasteiger partial charge is 0.230 e. The number of amides is 1. The molecule has 0 fully saturated rings. The standard InChI is InChI=1S/C14H13N3OS/c18-13(7-11-3-1-2-5-16-11)17-12-9-15-8-10-4-6-19-14(10)12/h1-6,9-10H,7-8H2,(H,17,18). The third kappa shape index (κ3) is 2.76. The van der Waals surface area contributed by atoms with E-state index < -0.39 is 0 Å². The van der Waals surface area contributed by atoms with Crippen LogP contribution in [0.4, 0.5) is 0 Å². The second-order valence-corrected chi connectivity index (χ2v) is 5.32. The van der Waals surface area contributed by atoms with Crippen LogP contribution in [0.3, 0.4) is 0 Å². The van der Waals surface area contributed by atoms with Gasteiger partial charge in [0.25, 0.3) is 0 Å². The number of nitrogens with one attached hydrogen (secondary N) is 1. The van der Waals surface area contributed by atoms with Crippen LogP contribution in [0.1, 0.15) is 5.69 Å². The van der Waals surface area contributed by atoms with Gasteiger partial charge in [0.2, 0.25) is 5.91 Å². The molecule has 1 unspecified atom stereocenters. The number of carbonyl (C=O) groups excluding carboxylic acids is 1. The van der Waals surface area contributed by atoms with Gasteiger partial charge in [-0.2, -0.15) is 0 Å². The van der Waals surface area contributed by atoms with Gasteiger partial charge in [0, 0.05) is 35.5 Å². The van der Waals surface area contributed by atoms with E-state index in [1.807, 2.05) is 18.2 Å². The summed E-state index contributed by atoms with van der Waals surface area (Å²) in [6.07, 6.45) is 5.86. The van der Waals surface area contributed by atoms with Crippen molar-refractivity contribution in [1.82, 2.24) is 10.3 Å². The summed E-state index contributed by atoms with van der Waals surface area (Å²) in [5.74, 6) is 0.279. The Hall–Kier alpha value is -1.88. The summed E-state index contributed by atoms with van der Waals surface area (Å²) in [4.78, 5) is 21.6. The summed E-state index contributed by atoms with van der Waals surface area (Å²) < 4.78 is 0. The quantitative estimate of drug-likeness (QED) is 0.913. The summed E-state index contributed by atoms with van der Waals surface area (Å²) in [6, 6.07) is 5.57. The number of allylic oxidation sites excluding steroid dienone is 1. The van der Waals surface area contributed by atoms with Crippen LogP contribution in [0.5, 0.6) is 0 Å². The number of aliphatic imine (C=N–C) groups is 1. The maximum atomic E-state index is 12.0. The molecule has 1 N–H and O–H groups in total. The van der Waals surface area contributed by atoms with Crippen molar-refractivity contribution in [3.05, 3.63) is 52.2 Å². The Balaban J connectivity index is 1.68. The van der Waals surface area contributed by atoms with E-state index in [0.29, 0.717) is 5.92 Å². The monoisotopic (exact) mass is 271 g/mol. The van der Waals surface area contributed by atoms with Crippen molar-refractivity contribution in [2.24, 2.45) is 10.9 Å². The highest BCUT2D eigenvalue weighted by molar-refractivity contribution is 8.06. The lowest BCUT2D eigenvalue weighted by Gasteiger charge is -2.17. The predicted octanol–water partition coefficient (Wildman–Crippen LogP) is 1.91.